The molecule has 19 heavy (non-hydrogen) atoms. The van der Waals surface area contributed by atoms with Gasteiger partial charge in [-0.15, -0.1) is 0 Å². The topological polar surface area (TPSA) is 23.8 Å². The van der Waals surface area contributed by atoms with E-state index in [2.05, 4.69) is 0 Å². The molecule has 1 fully saturated rings. The van der Waals surface area contributed by atoms with Gasteiger partial charge in [-0.1, -0.05) is 18.2 Å². The Morgan fingerprint density at radius 1 is 1.16 bits per heavy atom. The van der Waals surface area contributed by atoms with Gasteiger partial charge in [0.15, 0.2) is 0 Å². The maximum absolute atomic E-state index is 12.9. The molecule has 1 aromatic rings. The third-order valence-corrected chi connectivity index (χ3v) is 4.12. The summed E-state index contributed by atoms with van der Waals surface area (Å²) >= 11 is 0. The van der Waals surface area contributed by atoms with E-state index >= 15 is 0 Å². The van der Waals surface area contributed by atoms with Crippen LogP contribution in [0.1, 0.15) is 50.0 Å². The standard InChI is InChI=1S/C17H20FN/c18-17-11-9-16(10-12-17)15-7-5-14(6-8-15)4-2-1-3-13-19/h1,3,9-12,14-15H,2,4-8H2/t14-,15-. The van der Waals surface area contributed by atoms with Crippen molar-refractivity contribution < 1.29 is 4.39 Å². The summed E-state index contributed by atoms with van der Waals surface area (Å²) in [6.07, 6.45) is 10.7. The molecule has 1 aliphatic carbocycles. The number of nitriles is 1. The van der Waals surface area contributed by atoms with Gasteiger partial charge in [-0.05, 0) is 68.1 Å². The van der Waals surface area contributed by atoms with Crippen LogP contribution in [0.4, 0.5) is 4.39 Å². The highest BCUT2D eigenvalue weighted by Gasteiger charge is 2.21. The van der Waals surface area contributed by atoms with Crippen LogP contribution in [0.3, 0.4) is 0 Å². The number of nitrogens with zero attached hydrogens (tertiary/aromatic N) is 1. The van der Waals surface area contributed by atoms with E-state index in [9.17, 15) is 4.39 Å². The number of halogens is 1. The van der Waals surface area contributed by atoms with E-state index in [1.54, 1.807) is 18.2 Å². The van der Waals surface area contributed by atoms with Crippen molar-refractivity contribution in [2.75, 3.05) is 0 Å². The summed E-state index contributed by atoms with van der Waals surface area (Å²) in [6.45, 7) is 0. The van der Waals surface area contributed by atoms with Crippen molar-refractivity contribution in [3.63, 3.8) is 0 Å². The molecular formula is C17H20FN. The molecule has 0 radical (unpaired) electrons. The molecule has 0 saturated heterocycles. The van der Waals surface area contributed by atoms with Gasteiger partial charge in [-0.2, -0.15) is 5.26 Å². The van der Waals surface area contributed by atoms with Gasteiger partial charge in [-0.25, -0.2) is 4.39 Å². The summed E-state index contributed by atoms with van der Waals surface area (Å²) in [7, 11) is 0. The van der Waals surface area contributed by atoms with Crippen molar-refractivity contribution in [3.05, 3.63) is 47.8 Å². The van der Waals surface area contributed by atoms with Crippen LogP contribution in [-0.2, 0) is 0 Å². The monoisotopic (exact) mass is 257 g/mol. The predicted octanol–water partition coefficient (Wildman–Crippen LogP) is 4.96. The van der Waals surface area contributed by atoms with Crippen LogP contribution in [0.2, 0.25) is 0 Å². The first-order chi connectivity index (χ1) is 9.29. The zero-order valence-corrected chi connectivity index (χ0v) is 11.2. The van der Waals surface area contributed by atoms with Crippen LogP contribution in [0, 0.1) is 23.1 Å². The second-order valence-electron chi connectivity index (χ2n) is 5.38. The molecule has 0 aromatic heterocycles. The van der Waals surface area contributed by atoms with E-state index in [1.807, 2.05) is 24.3 Å². The van der Waals surface area contributed by atoms with Crippen LogP contribution < -0.4 is 0 Å². The number of benzene rings is 1. The fourth-order valence-corrected chi connectivity index (χ4v) is 2.99. The molecule has 0 spiro atoms. The summed E-state index contributed by atoms with van der Waals surface area (Å²) in [5.41, 5.74) is 1.28. The van der Waals surface area contributed by atoms with Crippen LogP contribution in [0.15, 0.2) is 36.4 Å². The highest BCUT2D eigenvalue weighted by molar-refractivity contribution is 5.20. The summed E-state index contributed by atoms with van der Waals surface area (Å²) in [5.74, 6) is 1.24. The minimum Gasteiger partial charge on any atom is -0.207 e. The van der Waals surface area contributed by atoms with Crippen LogP contribution in [0.25, 0.3) is 0 Å². The van der Waals surface area contributed by atoms with Gasteiger partial charge < -0.3 is 0 Å². The number of hydrogen-bond donors (Lipinski definition) is 0. The SMILES string of the molecule is N#CC=CCC[C@H]1CC[C@H](c2ccc(F)cc2)CC1. The lowest BCUT2D eigenvalue weighted by molar-refractivity contribution is 0.312. The Morgan fingerprint density at radius 2 is 1.84 bits per heavy atom. The molecular weight excluding hydrogens is 237 g/mol. The van der Waals surface area contributed by atoms with E-state index < -0.39 is 0 Å². The average molecular weight is 257 g/mol. The maximum Gasteiger partial charge on any atom is 0.123 e. The number of rotatable bonds is 4. The van der Waals surface area contributed by atoms with E-state index in [1.165, 1.54) is 37.7 Å². The molecule has 0 unspecified atom stereocenters. The van der Waals surface area contributed by atoms with Gasteiger partial charge in [0.2, 0.25) is 0 Å². The molecule has 2 heteroatoms. The fraction of sp³-hybridized carbons (Fsp3) is 0.471. The molecule has 1 aromatic carbocycles. The van der Waals surface area contributed by atoms with Crippen molar-refractivity contribution in [2.45, 2.75) is 44.4 Å². The van der Waals surface area contributed by atoms with Crippen LogP contribution in [-0.4, -0.2) is 0 Å². The van der Waals surface area contributed by atoms with Gasteiger partial charge in [0.1, 0.15) is 5.82 Å². The molecule has 0 atom stereocenters. The van der Waals surface area contributed by atoms with Gasteiger partial charge in [0, 0.05) is 6.08 Å². The summed E-state index contributed by atoms with van der Waals surface area (Å²) < 4.78 is 12.9. The second kappa shape index (κ2) is 7.09. The van der Waals surface area contributed by atoms with Gasteiger partial charge in [-0.3, -0.25) is 0 Å². The molecule has 0 bridgehead atoms. The highest BCUT2D eigenvalue weighted by Crippen LogP contribution is 2.37. The minimum absolute atomic E-state index is 0.151. The van der Waals surface area contributed by atoms with E-state index in [0.717, 1.165) is 12.3 Å². The summed E-state index contributed by atoms with van der Waals surface area (Å²) in [6, 6.07) is 9.01. The molecule has 0 amide bonds. The van der Waals surface area contributed by atoms with Crippen molar-refractivity contribution in [3.8, 4) is 6.07 Å². The first-order valence-electron chi connectivity index (χ1n) is 7.09. The van der Waals surface area contributed by atoms with Gasteiger partial charge >= 0.3 is 0 Å². The van der Waals surface area contributed by atoms with Gasteiger partial charge in [0.05, 0.1) is 6.07 Å². The Hall–Kier alpha value is -1.62. The Morgan fingerprint density at radius 3 is 2.47 bits per heavy atom. The van der Waals surface area contributed by atoms with Crippen molar-refractivity contribution in [2.24, 2.45) is 5.92 Å². The van der Waals surface area contributed by atoms with Crippen molar-refractivity contribution >= 4 is 0 Å². The molecule has 0 heterocycles. The third-order valence-electron chi connectivity index (χ3n) is 4.12. The van der Waals surface area contributed by atoms with E-state index in [0.29, 0.717) is 5.92 Å². The molecule has 1 aliphatic rings. The minimum atomic E-state index is -0.151. The van der Waals surface area contributed by atoms with Crippen LogP contribution in [0.5, 0.6) is 0 Å². The Kier molecular flexibility index (Phi) is 5.15. The Bertz CT molecular complexity index is 447. The molecule has 1 nitrogen and oxygen atoms in total. The second-order valence-corrected chi connectivity index (χ2v) is 5.38. The summed E-state index contributed by atoms with van der Waals surface area (Å²) in [5, 5.41) is 8.42. The molecule has 1 saturated carbocycles. The average Bonchev–Trinajstić information content (AvgIpc) is 2.45. The lowest BCUT2D eigenvalue weighted by Gasteiger charge is -2.28. The third kappa shape index (κ3) is 4.21. The molecule has 2 rings (SSSR count). The lowest BCUT2D eigenvalue weighted by Crippen LogP contribution is -2.13. The van der Waals surface area contributed by atoms with Crippen molar-refractivity contribution in [1.29, 1.82) is 5.26 Å². The molecule has 100 valence electrons. The van der Waals surface area contributed by atoms with Crippen LogP contribution >= 0.6 is 0 Å². The number of hydrogen-bond acceptors (Lipinski definition) is 1. The Balaban J connectivity index is 1.78. The number of allylic oxidation sites excluding steroid dienone is 2. The quantitative estimate of drug-likeness (QED) is 0.699. The van der Waals surface area contributed by atoms with E-state index in [-0.39, 0.29) is 5.82 Å². The van der Waals surface area contributed by atoms with E-state index in [4.69, 9.17) is 5.26 Å². The fourth-order valence-electron chi connectivity index (χ4n) is 2.99. The highest BCUT2D eigenvalue weighted by atomic mass is 19.1. The smallest absolute Gasteiger partial charge is 0.123 e. The molecule has 0 aliphatic heterocycles. The zero-order valence-electron chi connectivity index (χ0n) is 11.2. The Labute approximate surface area is 114 Å². The first kappa shape index (κ1) is 13.8. The summed E-state index contributed by atoms with van der Waals surface area (Å²) in [4.78, 5) is 0. The normalized spacial score (nSPS) is 23.4. The zero-order chi connectivity index (χ0) is 13.5. The molecule has 0 N–H and O–H groups in total. The van der Waals surface area contributed by atoms with Gasteiger partial charge in [0.25, 0.3) is 0 Å². The first-order valence-corrected chi connectivity index (χ1v) is 7.09. The largest absolute Gasteiger partial charge is 0.207 e. The lowest BCUT2D eigenvalue weighted by atomic mass is 9.77. The maximum atomic E-state index is 12.9. The predicted molar refractivity (Wildman–Crippen MR) is 75.1 cm³/mol. The van der Waals surface area contributed by atoms with Crippen molar-refractivity contribution in [1.82, 2.24) is 0 Å².